The monoisotopic (exact) mass is 440 g/mol. The molecule has 0 radical (unpaired) electrons. The van der Waals surface area contributed by atoms with E-state index in [4.69, 9.17) is 14.2 Å². The van der Waals surface area contributed by atoms with Gasteiger partial charge in [0.05, 0.1) is 19.3 Å². The molecule has 0 saturated carbocycles. The number of aryl methyl sites for hydroxylation is 1. The Morgan fingerprint density at radius 1 is 1.29 bits per heavy atom. The Bertz CT molecular complexity index is 1060. The Labute approximate surface area is 185 Å². The van der Waals surface area contributed by atoms with Gasteiger partial charge in [-0.25, -0.2) is 4.79 Å². The van der Waals surface area contributed by atoms with Crippen molar-refractivity contribution in [3.63, 3.8) is 0 Å². The number of benzene rings is 1. The number of thiophene rings is 1. The van der Waals surface area contributed by atoms with E-state index in [0.717, 1.165) is 10.4 Å². The maximum absolute atomic E-state index is 12.7. The molecule has 7 nitrogen and oxygen atoms in total. The highest BCUT2D eigenvalue weighted by molar-refractivity contribution is 7.16. The lowest BCUT2D eigenvalue weighted by Gasteiger charge is -2.10. The summed E-state index contributed by atoms with van der Waals surface area (Å²) in [6.07, 6.45) is 3.05. The smallest absolute Gasteiger partial charge is 0.341 e. The van der Waals surface area contributed by atoms with Crippen LogP contribution in [0.2, 0.25) is 0 Å². The normalized spacial score (nSPS) is 10.7. The number of nitriles is 1. The number of esters is 1. The highest BCUT2D eigenvalue weighted by Crippen LogP contribution is 2.33. The minimum atomic E-state index is -0.625. The molecule has 162 valence electrons. The topological polar surface area (TPSA) is 97.7 Å². The second kappa shape index (κ2) is 11.0. The van der Waals surface area contributed by atoms with Crippen LogP contribution < -0.4 is 14.8 Å². The first-order chi connectivity index (χ1) is 14.9. The fourth-order valence-electron chi connectivity index (χ4n) is 2.69. The van der Waals surface area contributed by atoms with Gasteiger partial charge in [0.2, 0.25) is 0 Å². The van der Waals surface area contributed by atoms with E-state index in [2.05, 4.69) is 11.9 Å². The van der Waals surface area contributed by atoms with E-state index in [1.807, 2.05) is 13.0 Å². The van der Waals surface area contributed by atoms with Crippen LogP contribution in [0.5, 0.6) is 11.5 Å². The minimum absolute atomic E-state index is 0.125. The Kier molecular flexibility index (Phi) is 8.41. The van der Waals surface area contributed by atoms with E-state index in [-0.39, 0.29) is 12.2 Å². The van der Waals surface area contributed by atoms with Crippen molar-refractivity contribution in [3.05, 3.63) is 58.0 Å². The van der Waals surface area contributed by atoms with Crippen LogP contribution in [-0.2, 0) is 9.53 Å². The summed E-state index contributed by atoms with van der Waals surface area (Å²) in [5, 5.41) is 12.5. The molecule has 0 unspecified atom stereocenters. The Hall–Kier alpha value is -3.57. The maximum atomic E-state index is 12.7. The fraction of sp³-hybridized carbons (Fsp3) is 0.261. The molecular formula is C23H24N2O5S. The number of ether oxygens (including phenoxy) is 3. The first-order valence-corrected chi connectivity index (χ1v) is 10.3. The van der Waals surface area contributed by atoms with E-state index in [0.29, 0.717) is 34.2 Å². The number of hydrogen-bond acceptors (Lipinski definition) is 7. The summed E-state index contributed by atoms with van der Waals surface area (Å²) in [5.41, 5.74) is 1.50. The number of rotatable bonds is 9. The van der Waals surface area contributed by atoms with Gasteiger partial charge >= 0.3 is 5.97 Å². The van der Waals surface area contributed by atoms with Crippen LogP contribution in [0.25, 0.3) is 6.08 Å². The molecule has 1 heterocycles. The summed E-state index contributed by atoms with van der Waals surface area (Å²) in [5.74, 6) is -0.157. The van der Waals surface area contributed by atoms with Crippen molar-refractivity contribution in [3.8, 4) is 17.6 Å². The molecule has 8 heteroatoms. The van der Waals surface area contributed by atoms with Gasteiger partial charge in [0.25, 0.3) is 5.91 Å². The maximum Gasteiger partial charge on any atom is 0.341 e. The van der Waals surface area contributed by atoms with Crippen molar-refractivity contribution in [2.24, 2.45) is 0 Å². The molecular weight excluding hydrogens is 416 g/mol. The van der Waals surface area contributed by atoms with Crippen LogP contribution in [0, 0.1) is 25.2 Å². The van der Waals surface area contributed by atoms with Crippen LogP contribution in [0.3, 0.4) is 0 Å². The molecule has 0 fully saturated rings. The summed E-state index contributed by atoms with van der Waals surface area (Å²) >= 11 is 1.26. The van der Waals surface area contributed by atoms with Crippen molar-refractivity contribution in [2.45, 2.75) is 20.8 Å². The van der Waals surface area contributed by atoms with Gasteiger partial charge in [0, 0.05) is 4.88 Å². The Balaban J connectivity index is 2.32. The average molecular weight is 441 g/mol. The first kappa shape index (κ1) is 23.7. The molecule has 1 aromatic heterocycles. The predicted octanol–water partition coefficient (Wildman–Crippen LogP) is 4.66. The average Bonchev–Trinajstić information content (AvgIpc) is 3.03. The van der Waals surface area contributed by atoms with E-state index in [9.17, 15) is 14.9 Å². The summed E-state index contributed by atoms with van der Waals surface area (Å²) < 4.78 is 15.9. The highest BCUT2D eigenvalue weighted by atomic mass is 32.1. The minimum Gasteiger partial charge on any atom is -0.493 e. The van der Waals surface area contributed by atoms with Gasteiger partial charge in [0.15, 0.2) is 11.5 Å². The largest absolute Gasteiger partial charge is 0.493 e. The number of amides is 1. The molecule has 0 atom stereocenters. The Morgan fingerprint density at radius 3 is 2.65 bits per heavy atom. The number of nitrogens with one attached hydrogen (secondary N) is 1. The number of carbonyl (C=O) groups excluding carboxylic acids is 2. The molecule has 2 rings (SSSR count). The molecule has 1 aromatic carbocycles. The summed E-state index contributed by atoms with van der Waals surface area (Å²) in [6, 6.07) is 6.95. The SMILES string of the molecule is C=CCOc1ccc(/C=C(\C#N)C(=O)Nc2sc(C)c(C)c2C(=O)OCC)cc1OC. The van der Waals surface area contributed by atoms with Crippen LogP contribution in [0.4, 0.5) is 5.00 Å². The van der Waals surface area contributed by atoms with Crippen LogP contribution in [0.15, 0.2) is 36.4 Å². The van der Waals surface area contributed by atoms with Crippen molar-refractivity contribution in [1.82, 2.24) is 0 Å². The van der Waals surface area contributed by atoms with E-state index in [1.54, 1.807) is 38.1 Å². The molecule has 1 amide bonds. The van der Waals surface area contributed by atoms with Gasteiger partial charge in [-0.05, 0) is 50.1 Å². The molecule has 0 aliphatic rings. The number of nitrogens with zero attached hydrogens (tertiary/aromatic N) is 1. The molecule has 1 N–H and O–H groups in total. The summed E-state index contributed by atoms with van der Waals surface area (Å²) in [6.45, 7) is 9.49. The van der Waals surface area contributed by atoms with Gasteiger partial charge in [-0.2, -0.15) is 5.26 Å². The lowest BCUT2D eigenvalue weighted by molar-refractivity contribution is -0.112. The third kappa shape index (κ3) is 5.74. The molecule has 0 saturated heterocycles. The lowest BCUT2D eigenvalue weighted by atomic mass is 10.1. The number of hydrogen-bond donors (Lipinski definition) is 1. The molecule has 31 heavy (non-hydrogen) atoms. The zero-order chi connectivity index (χ0) is 23.0. The number of anilines is 1. The fourth-order valence-corrected chi connectivity index (χ4v) is 3.74. The third-order valence-electron chi connectivity index (χ3n) is 4.31. The molecule has 0 aliphatic heterocycles. The van der Waals surface area contributed by atoms with Crippen molar-refractivity contribution < 1.29 is 23.8 Å². The highest BCUT2D eigenvalue weighted by Gasteiger charge is 2.23. The summed E-state index contributed by atoms with van der Waals surface area (Å²) in [7, 11) is 1.50. The van der Waals surface area contributed by atoms with Gasteiger partial charge < -0.3 is 19.5 Å². The zero-order valence-electron chi connectivity index (χ0n) is 17.9. The molecule has 0 aliphatic carbocycles. The molecule has 0 spiro atoms. The van der Waals surface area contributed by atoms with Gasteiger partial charge in [-0.3, -0.25) is 4.79 Å². The molecule has 0 bridgehead atoms. The van der Waals surface area contributed by atoms with Crippen LogP contribution in [0.1, 0.15) is 33.3 Å². The second-order valence-electron chi connectivity index (χ2n) is 6.34. The van der Waals surface area contributed by atoms with Gasteiger partial charge in [-0.1, -0.05) is 18.7 Å². The molecule has 2 aromatic rings. The third-order valence-corrected chi connectivity index (χ3v) is 5.44. The number of methoxy groups -OCH3 is 1. The predicted molar refractivity (Wildman–Crippen MR) is 121 cm³/mol. The van der Waals surface area contributed by atoms with Crippen molar-refractivity contribution in [2.75, 3.05) is 25.6 Å². The van der Waals surface area contributed by atoms with Crippen LogP contribution >= 0.6 is 11.3 Å². The van der Waals surface area contributed by atoms with Crippen LogP contribution in [-0.4, -0.2) is 32.2 Å². The zero-order valence-corrected chi connectivity index (χ0v) is 18.7. The second-order valence-corrected chi connectivity index (χ2v) is 7.57. The van der Waals surface area contributed by atoms with E-state index in [1.165, 1.54) is 24.5 Å². The van der Waals surface area contributed by atoms with E-state index >= 15 is 0 Å². The quantitative estimate of drug-likeness (QED) is 0.264. The Morgan fingerprint density at radius 2 is 2.03 bits per heavy atom. The van der Waals surface area contributed by atoms with Gasteiger partial charge in [-0.15, -0.1) is 11.3 Å². The first-order valence-electron chi connectivity index (χ1n) is 9.48. The summed E-state index contributed by atoms with van der Waals surface area (Å²) in [4.78, 5) is 25.9. The van der Waals surface area contributed by atoms with Gasteiger partial charge in [0.1, 0.15) is 23.3 Å². The standard InChI is InChI=1S/C23H24N2O5S/c1-6-10-30-18-9-8-16(12-19(18)28-5)11-17(13-24)21(26)25-22-20(23(27)29-7-2)14(3)15(4)31-22/h6,8-9,11-12H,1,7,10H2,2-5H3,(H,25,26)/b17-11+. The number of carbonyl (C=O) groups is 2. The van der Waals surface area contributed by atoms with Crippen molar-refractivity contribution in [1.29, 1.82) is 5.26 Å². The van der Waals surface area contributed by atoms with E-state index < -0.39 is 11.9 Å². The lowest BCUT2D eigenvalue weighted by Crippen LogP contribution is -2.16. The van der Waals surface area contributed by atoms with Crippen molar-refractivity contribution >= 4 is 34.3 Å².